The number of carboxylic acids is 1. The van der Waals surface area contributed by atoms with Crippen LogP contribution in [0.3, 0.4) is 0 Å². The Morgan fingerprint density at radius 3 is 2.91 bits per heavy atom. The average molecular weight is 173 g/mol. The van der Waals surface area contributed by atoms with E-state index in [9.17, 15) is 14.7 Å². The van der Waals surface area contributed by atoms with Crippen LogP contribution in [0, 0.1) is 5.92 Å². The first-order chi connectivity index (χ1) is 5.20. The summed E-state index contributed by atoms with van der Waals surface area (Å²) in [6.07, 6.45) is 1.29. The first kappa shape index (κ1) is 8.59. The second-order valence-electron chi connectivity index (χ2n) is 2.56. The standard InChI is InChI=1S/C7H10O3S/c8-6(9)2-1-5-3-4-11-7(5)10/h5H,1-4H2,(H,8,9)/p-1. The molecule has 1 atom stereocenters. The normalized spacial score (nSPS) is 24.0. The molecule has 0 radical (unpaired) electrons. The number of carboxylic acid groups (broad SMARTS) is 1. The third-order valence-electron chi connectivity index (χ3n) is 1.74. The molecule has 1 aliphatic heterocycles. The van der Waals surface area contributed by atoms with Crippen molar-refractivity contribution >= 4 is 22.8 Å². The van der Waals surface area contributed by atoms with Crippen LogP contribution in [0.2, 0.25) is 0 Å². The maximum Gasteiger partial charge on any atom is 0.192 e. The summed E-state index contributed by atoms with van der Waals surface area (Å²) in [5.41, 5.74) is 0. The molecule has 1 heterocycles. The van der Waals surface area contributed by atoms with Gasteiger partial charge in [-0.2, -0.15) is 0 Å². The Kier molecular flexibility index (Phi) is 2.93. The quantitative estimate of drug-likeness (QED) is 0.593. The molecule has 1 saturated heterocycles. The summed E-state index contributed by atoms with van der Waals surface area (Å²) in [7, 11) is 0. The highest BCUT2D eigenvalue weighted by atomic mass is 32.2. The number of carbonyl (C=O) groups is 2. The average Bonchev–Trinajstić information content (AvgIpc) is 2.31. The molecule has 0 spiro atoms. The van der Waals surface area contributed by atoms with Gasteiger partial charge < -0.3 is 9.90 Å². The van der Waals surface area contributed by atoms with Gasteiger partial charge in [-0.05, 0) is 19.3 Å². The topological polar surface area (TPSA) is 57.2 Å². The van der Waals surface area contributed by atoms with Gasteiger partial charge in [-0.25, -0.2) is 0 Å². The van der Waals surface area contributed by atoms with E-state index in [4.69, 9.17) is 0 Å². The van der Waals surface area contributed by atoms with E-state index in [1.807, 2.05) is 0 Å². The van der Waals surface area contributed by atoms with Gasteiger partial charge in [0, 0.05) is 17.6 Å². The molecule has 0 aromatic rings. The van der Waals surface area contributed by atoms with Crippen molar-refractivity contribution in [3.8, 4) is 0 Å². The van der Waals surface area contributed by atoms with Crippen LogP contribution in [0.5, 0.6) is 0 Å². The fraction of sp³-hybridized carbons (Fsp3) is 0.714. The zero-order chi connectivity index (χ0) is 8.27. The summed E-state index contributed by atoms with van der Waals surface area (Å²) in [5.74, 6) is -0.246. The molecule has 62 valence electrons. The number of thioether (sulfide) groups is 1. The van der Waals surface area contributed by atoms with Gasteiger partial charge in [0.1, 0.15) is 0 Å². The number of aliphatic carboxylic acids is 1. The van der Waals surface area contributed by atoms with E-state index in [1.165, 1.54) is 11.8 Å². The maximum absolute atomic E-state index is 10.9. The lowest BCUT2D eigenvalue weighted by Gasteiger charge is -2.05. The molecule has 11 heavy (non-hydrogen) atoms. The Bertz CT molecular complexity index is 179. The molecule has 0 amide bonds. The van der Waals surface area contributed by atoms with E-state index in [0.29, 0.717) is 6.42 Å². The molecular formula is C7H9O3S-. The lowest BCUT2D eigenvalue weighted by Crippen LogP contribution is -2.23. The minimum Gasteiger partial charge on any atom is -0.550 e. The highest BCUT2D eigenvalue weighted by Crippen LogP contribution is 2.28. The Morgan fingerprint density at radius 2 is 2.45 bits per heavy atom. The molecule has 0 N–H and O–H groups in total. The van der Waals surface area contributed by atoms with E-state index >= 15 is 0 Å². The molecule has 0 aromatic carbocycles. The van der Waals surface area contributed by atoms with Crippen LogP contribution in [-0.4, -0.2) is 16.8 Å². The highest BCUT2D eigenvalue weighted by Gasteiger charge is 2.24. The van der Waals surface area contributed by atoms with Crippen molar-refractivity contribution in [3.05, 3.63) is 0 Å². The first-order valence-electron chi connectivity index (χ1n) is 3.56. The number of carbonyl (C=O) groups excluding carboxylic acids is 2. The maximum atomic E-state index is 10.9. The predicted molar refractivity (Wildman–Crippen MR) is 39.8 cm³/mol. The lowest BCUT2D eigenvalue weighted by molar-refractivity contribution is -0.305. The molecule has 1 aliphatic rings. The van der Waals surface area contributed by atoms with Gasteiger partial charge in [-0.3, -0.25) is 4.79 Å². The van der Waals surface area contributed by atoms with Gasteiger partial charge >= 0.3 is 0 Å². The molecule has 1 fully saturated rings. The van der Waals surface area contributed by atoms with E-state index in [-0.39, 0.29) is 17.5 Å². The summed E-state index contributed by atoms with van der Waals surface area (Å²) in [6, 6.07) is 0. The van der Waals surface area contributed by atoms with Crippen molar-refractivity contribution in [2.24, 2.45) is 5.92 Å². The van der Waals surface area contributed by atoms with Crippen molar-refractivity contribution in [2.75, 3.05) is 5.75 Å². The third-order valence-corrected chi connectivity index (χ3v) is 2.80. The van der Waals surface area contributed by atoms with Gasteiger partial charge in [0.25, 0.3) is 0 Å². The molecule has 0 bridgehead atoms. The van der Waals surface area contributed by atoms with E-state index in [1.54, 1.807) is 0 Å². The minimum absolute atomic E-state index is 0.0109. The molecule has 0 saturated carbocycles. The first-order valence-corrected chi connectivity index (χ1v) is 4.55. The second kappa shape index (κ2) is 3.76. The van der Waals surface area contributed by atoms with Crippen molar-refractivity contribution in [2.45, 2.75) is 19.3 Å². The van der Waals surface area contributed by atoms with Crippen LogP contribution < -0.4 is 5.11 Å². The Hall–Kier alpha value is -0.510. The van der Waals surface area contributed by atoms with Crippen molar-refractivity contribution < 1.29 is 14.7 Å². The largest absolute Gasteiger partial charge is 0.550 e. The fourth-order valence-electron chi connectivity index (χ4n) is 1.09. The van der Waals surface area contributed by atoms with Crippen LogP contribution in [0.25, 0.3) is 0 Å². The van der Waals surface area contributed by atoms with Crippen molar-refractivity contribution in [1.82, 2.24) is 0 Å². The van der Waals surface area contributed by atoms with Crippen molar-refractivity contribution in [1.29, 1.82) is 0 Å². The van der Waals surface area contributed by atoms with Gasteiger partial charge in [-0.15, -0.1) is 0 Å². The molecule has 1 rings (SSSR count). The Labute approximate surface area is 69.2 Å². The summed E-state index contributed by atoms with van der Waals surface area (Å²) in [4.78, 5) is 21.0. The lowest BCUT2D eigenvalue weighted by atomic mass is 10.0. The SMILES string of the molecule is O=C([O-])CCC1CCSC1=O. The highest BCUT2D eigenvalue weighted by molar-refractivity contribution is 8.14. The van der Waals surface area contributed by atoms with Gasteiger partial charge in [0.2, 0.25) is 0 Å². The second-order valence-corrected chi connectivity index (χ2v) is 3.66. The van der Waals surface area contributed by atoms with Gasteiger partial charge in [0.05, 0.1) is 0 Å². The van der Waals surface area contributed by atoms with Gasteiger partial charge in [-0.1, -0.05) is 11.8 Å². The molecule has 0 aromatic heterocycles. The summed E-state index contributed by atoms with van der Waals surface area (Å²) < 4.78 is 0. The number of rotatable bonds is 3. The molecular weight excluding hydrogens is 164 g/mol. The number of hydrogen-bond acceptors (Lipinski definition) is 4. The minimum atomic E-state index is -1.06. The van der Waals surface area contributed by atoms with Crippen LogP contribution in [-0.2, 0) is 9.59 Å². The van der Waals surface area contributed by atoms with E-state index in [0.717, 1.165) is 12.2 Å². The molecule has 1 unspecified atom stereocenters. The molecule has 4 heteroatoms. The van der Waals surface area contributed by atoms with E-state index in [2.05, 4.69) is 0 Å². The number of hydrogen-bond donors (Lipinski definition) is 0. The van der Waals surface area contributed by atoms with Crippen LogP contribution in [0.1, 0.15) is 19.3 Å². The van der Waals surface area contributed by atoms with Gasteiger partial charge in [0.15, 0.2) is 5.12 Å². The Balaban J connectivity index is 2.26. The van der Waals surface area contributed by atoms with Crippen LogP contribution in [0.15, 0.2) is 0 Å². The molecule has 3 nitrogen and oxygen atoms in total. The smallest absolute Gasteiger partial charge is 0.192 e. The van der Waals surface area contributed by atoms with Crippen LogP contribution >= 0.6 is 11.8 Å². The molecule has 0 aliphatic carbocycles. The summed E-state index contributed by atoms with van der Waals surface area (Å²) >= 11 is 1.30. The zero-order valence-corrected chi connectivity index (χ0v) is 6.86. The predicted octanol–water partition coefficient (Wildman–Crippen LogP) is -0.204. The monoisotopic (exact) mass is 173 g/mol. The van der Waals surface area contributed by atoms with E-state index < -0.39 is 5.97 Å². The third kappa shape index (κ3) is 2.54. The summed E-state index contributed by atoms with van der Waals surface area (Å²) in [6.45, 7) is 0. The zero-order valence-electron chi connectivity index (χ0n) is 6.04. The van der Waals surface area contributed by atoms with Crippen LogP contribution in [0.4, 0.5) is 0 Å². The summed E-state index contributed by atoms with van der Waals surface area (Å²) in [5, 5.41) is 10.2. The Morgan fingerprint density at radius 1 is 1.73 bits per heavy atom. The fourth-order valence-corrected chi connectivity index (χ4v) is 2.17. The van der Waals surface area contributed by atoms with Crippen molar-refractivity contribution in [3.63, 3.8) is 0 Å².